The monoisotopic (exact) mass is 328 g/mol. The summed E-state index contributed by atoms with van der Waals surface area (Å²) in [5.41, 5.74) is 1.94. The molecule has 1 aliphatic heterocycles. The predicted octanol–water partition coefficient (Wildman–Crippen LogP) is 2.01. The van der Waals surface area contributed by atoms with Gasteiger partial charge in [0.05, 0.1) is 17.6 Å². The van der Waals surface area contributed by atoms with Gasteiger partial charge >= 0.3 is 0 Å². The lowest BCUT2D eigenvalue weighted by Crippen LogP contribution is -2.42. The number of carbonyl (C=O) groups excluding carboxylic acids is 2. The zero-order valence-electron chi connectivity index (χ0n) is 13.9. The summed E-state index contributed by atoms with van der Waals surface area (Å²) in [7, 11) is 0. The molecule has 1 fully saturated rings. The van der Waals surface area contributed by atoms with Crippen LogP contribution in [0.4, 0.5) is 0 Å². The van der Waals surface area contributed by atoms with Crippen molar-refractivity contribution in [1.82, 2.24) is 20.2 Å². The Labute approximate surface area is 141 Å². The van der Waals surface area contributed by atoms with Gasteiger partial charge < -0.3 is 15.2 Å². The van der Waals surface area contributed by atoms with Crippen LogP contribution in [0, 0.1) is 0 Å². The Morgan fingerprint density at radius 1 is 1.21 bits per heavy atom. The van der Waals surface area contributed by atoms with Gasteiger partial charge in [0.2, 0.25) is 11.8 Å². The van der Waals surface area contributed by atoms with Crippen LogP contribution in [-0.4, -0.2) is 46.3 Å². The normalized spacial score (nSPS) is 16.0. The van der Waals surface area contributed by atoms with Crippen LogP contribution in [-0.2, 0) is 16.0 Å². The molecular formula is C18H24N4O2. The SMILES string of the molecule is O=C(CN1CCCCCCC1=O)NCCc1nc2ccccc2[nH]1. The van der Waals surface area contributed by atoms with E-state index in [0.717, 1.165) is 42.5 Å². The van der Waals surface area contributed by atoms with Gasteiger partial charge in [0.1, 0.15) is 5.82 Å². The average molecular weight is 328 g/mol. The molecule has 2 amide bonds. The molecule has 2 heterocycles. The molecule has 24 heavy (non-hydrogen) atoms. The minimum absolute atomic E-state index is 0.0972. The van der Waals surface area contributed by atoms with E-state index in [9.17, 15) is 9.59 Å². The molecule has 2 aromatic rings. The first-order valence-electron chi connectivity index (χ1n) is 8.70. The summed E-state index contributed by atoms with van der Waals surface area (Å²) in [6, 6.07) is 7.86. The van der Waals surface area contributed by atoms with Crippen LogP contribution in [0.5, 0.6) is 0 Å². The Kier molecular flexibility index (Phi) is 5.46. The van der Waals surface area contributed by atoms with E-state index in [1.807, 2.05) is 24.3 Å². The van der Waals surface area contributed by atoms with E-state index in [2.05, 4.69) is 15.3 Å². The van der Waals surface area contributed by atoms with Crippen LogP contribution >= 0.6 is 0 Å². The standard InChI is InChI=1S/C18H24N4O2/c23-17(13-22-12-6-2-1-3-9-18(22)24)19-11-10-16-20-14-7-4-5-8-15(14)21-16/h4-5,7-8H,1-3,6,9-13H2,(H,19,23)(H,20,21). The Morgan fingerprint density at radius 2 is 2.04 bits per heavy atom. The molecule has 0 radical (unpaired) electrons. The van der Waals surface area contributed by atoms with Crippen molar-refractivity contribution < 1.29 is 9.59 Å². The number of fused-ring (bicyclic) bond motifs is 1. The number of carbonyl (C=O) groups is 2. The van der Waals surface area contributed by atoms with E-state index in [1.165, 1.54) is 0 Å². The second-order valence-corrected chi connectivity index (χ2v) is 6.28. The van der Waals surface area contributed by atoms with E-state index < -0.39 is 0 Å². The van der Waals surface area contributed by atoms with Gasteiger partial charge in [-0.1, -0.05) is 25.0 Å². The topological polar surface area (TPSA) is 78.1 Å². The number of likely N-dealkylation sites (tertiary alicyclic amines) is 1. The maximum Gasteiger partial charge on any atom is 0.239 e. The number of nitrogens with one attached hydrogen (secondary N) is 2. The van der Waals surface area contributed by atoms with Crippen molar-refractivity contribution in [2.45, 2.75) is 38.5 Å². The van der Waals surface area contributed by atoms with Gasteiger partial charge in [-0.2, -0.15) is 0 Å². The molecule has 0 bridgehead atoms. The molecule has 1 aliphatic rings. The van der Waals surface area contributed by atoms with Crippen LogP contribution in [0.15, 0.2) is 24.3 Å². The lowest BCUT2D eigenvalue weighted by Gasteiger charge is -2.24. The zero-order chi connectivity index (χ0) is 16.8. The largest absolute Gasteiger partial charge is 0.354 e. The van der Waals surface area contributed by atoms with Crippen molar-refractivity contribution in [1.29, 1.82) is 0 Å². The third kappa shape index (κ3) is 4.34. The zero-order valence-corrected chi connectivity index (χ0v) is 13.9. The molecule has 1 saturated heterocycles. The number of aromatic nitrogens is 2. The molecule has 0 unspecified atom stereocenters. The van der Waals surface area contributed by atoms with Crippen molar-refractivity contribution in [2.24, 2.45) is 0 Å². The Bertz CT molecular complexity index is 677. The fourth-order valence-electron chi connectivity index (χ4n) is 3.06. The van der Waals surface area contributed by atoms with Crippen LogP contribution in [0.25, 0.3) is 11.0 Å². The fraction of sp³-hybridized carbons (Fsp3) is 0.500. The highest BCUT2D eigenvalue weighted by atomic mass is 16.2. The number of H-pyrrole nitrogens is 1. The van der Waals surface area contributed by atoms with Gasteiger partial charge in [-0.25, -0.2) is 4.98 Å². The van der Waals surface area contributed by atoms with Gasteiger partial charge in [-0.05, 0) is 25.0 Å². The molecule has 6 nitrogen and oxygen atoms in total. The Hall–Kier alpha value is -2.37. The molecule has 1 aromatic carbocycles. The first kappa shape index (κ1) is 16.5. The number of benzene rings is 1. The molecule has 0 aliphatic carbocycles. The number of hydrogen-bond donors (Lipinski definition) is 2. The van der Waals surface area contributed by atoms with Crippen molar-refractivity contribution in [3.63, 3.8) is 0 Å². The van der Waals surface area contributed by atoms with Crippen molar-refractivity contribution >= 4 is 22.8 Å². The van der Waals surface area contributed by atoms with Gasteiger partial charge in [0.15, 0.2) is 0 Å². The van der Waals surface area contributed by atoms with Gasteiger partial charge in [0.25, 0.3) is 0 Å². The molecule has 0 saturated carbocycles. The van der Waals surface area contributed by atoms with Crippen LogP contribution < -0.4 is 5.32 Å². The molecule has 1 aromatic heterocycles. The molecule has 2 N–H and O–H groups in total. The molecule has 0 spiro atoms. The maximum absolute atomic E-state index is 12.1. The smallest absolute Gasteiger partial charge is 0.239 e. The van der Waals surface area contributed by atoms with Crippen molar-refractivity contribution in [3.8, 4) is 0 Å². The fourth-order valence-corrected chi connectivity index (χ4v) is 3.06. The highest BCUT2D eigenvalue weighted by Gasteiger charge is 2.18. The highest BCUT2D eigenvalue weighted by Crippen LogP contribution is 2.12. The second kappa shape index (κ2) is 7.95. The lowest BCUT2D eigenvalue weighted by atomic mass is 10.1. The first-order valence-corrected chi connectivity index (χ1v) is 8.70. The van der Waals surface area contributed by atoms with E-state index >= 15 is 0 Å². The van der Waals surface area contributed by atoms with Gasteiger partial charge in [0, 0.05) is 25.9 Å². The molecule has 3 rings (SSSR count). The summed E-state index contributed by atoms with van der Waals surface area (Å²) in [4.78, 5) is 33.5. The number of nitrogens with zero attached hydrogens (tertiary/aromatic N) is 2. The summed E-state index contributed by atoms with van der Waals surface area (Å²) < 4.78 is 0. The second-order valence-electron chi connectivity index (χ2n) is 6.28. The first-order chi connectivity index (χ1) is 11.7. The average Bonchev–Trinajstić information content (AvgIpc) is 2.97. The summed E-state index contributed by atoms with van der Waals surface area (Å²) in [6.07, 6.45) is 5.38. The van der Waals surface area contributed by atoms with Crippen molar-refractivity contribution in [2.75, 3.05) is 19.6 Å². The van der Waals surface area contributed by atoms with Crippen LogP contribution in [0.3, 0.4) is 0 Å². The summed E-state index contributed by atoms with van der Waals surface area (Å²) in [6.45, 7) is 1.37. The quantitative estimate of drug-likeness (QED) is 0.881. The van der Waals surface area contributed by atoms with Crippen LogP contribution in [0.1, 0.15) is 37.9 Å². The number of imidazole rings is 1. The number of para-hydroxylation sites is 2. The minimum atomic E-state index is -0.0972. The summed E-state index contributed by atoms with van der Waals surface area (Å²) in [5.74, 6) is 0.862. The Balaban J connectivity index is 1.45. The summed E-state index contributed by atoms with van der Waals surface area (Å²) >= 11 is 0. The molecular weight excluding hydrogens is 304 g/mol. The van der Waals surface area contributed by atoms with Gasteiger partial charge in [-0.3, -0.25) is 9.59 Å². The third-order valence-corrected chi connectivity index (χ3v) is 4.38. The van der Waals surface area contributed by atoms with Crippen LogP contribution in [0.2, 0.25) is 0 Å². The predicted molar refractivity (Wildman–Crippen MR) is 92.5 cm³/mol. The number of aromatic amines is 1. The number of hydrogen-bond acceptors (Lipinski definition) is 3. The maximum atomic E-state index is 12.1. The summed E-state index contributed by atoms with van der Waals surface area (Å²) in [5, 5.41) is 2.89. The van der Waals surface area contributed by atoms with E-state index in [4.69, 9.17) is 0 Å². The number of amides is 2. The molecule has 128 valence electrons. The van der Waals surface area contributed by atoms with E-state index in [1.54, 1.807) is 4.90 Å². The van der Waals surface area contributed by atoms with Crippen molar-refractivity contribution in [3.05, 3.63) is 30.1 Å². The third-order valence-electron chi connectivity index (χ3n) is 4.38. The highest BCUT2D eigenvalue weighted by molar-refractivity contribution is 5.84. The van der Waals surface area contributed by atoms with E-state index in [-0.39, 0.29) is 18.4 Å². The number of rotatable bonds is 5. The van der Waals surface area contributed by atoms with E-state index in [0.29, 0.717) is 25.9 Å². The lowest BCUT2D eigenvalue weighted by molar-refractivity contribution is -0.136. The Morgan fingerprint density at radius 3 is 2.92 bits per heavy atom. The van der Waals surface area contributed by atoms with Gasteiger partial charge in [-0.15, -0.1) is 0 Å². The minimum Gasteiger partial charge on any atom is -0.354 e. The molecule has 6 heteroatoms. The molecule has 0 atom stereocenters.